The molecule has 1 saturated heterocycles. The van der Waals surface area contributed by atoms with E-state index in [1.54, 1.807) is 6.07 Å². The second-order valence-corrected chi connectivity index (χ2v) is 4.66. The molecule has 0 atom stereocenters. The van der Waals surface area contributed by atoms with Crippen molar-refractivity contribution in [2.45, 2.75) is 26.3 Å². The Balaban J connectivity index is 2.14. The van der Waals surface area contributed by atoms with Crippen LogP contribution in [0.25, 0.3) is 0 Å². The van der Waals surface area contributed by atoms with Gasteiger partial charge in [-0.2, -0.15) is 0 Å². The summed E-state index contributed by atoms with van der Waals surface area (Å²) >= 11 is 0. The van der Waals surface area contributed by atoms with E-state index < -0.39 is 0 Å². The van der Waals surface area contributed by atoms with Gasteiger partial charge in [0.1, 0.15) is 5.82 Å². The molecule has 3 heteroatoms. The minimum atomic E-state index is -0.141. The molecule has 2 N–H and O–H groups in total. The molecule has 1 heterocycles. The fourth-order valence-electron chi connectivity index (χ4n) is 2.18. The van der Waals surface area contributed by atoms with Crippen molar-refractivity contribution >= 4 is 5.69 Å². The largest absolute Gasteiger partial charge is 0.369 e. The molecule has 0 radical (unpaired) electrons. The van der Waals surface area contributed by atoms with Crippen molar-refractivity contribution in [3.05, 3.63) is 29.6 Å². The van der Waals surface area contributed by atoms with Gasteiger partial charge in [0, 0.05) is 19.6 Å². The first-order valence-electron chi connectivity index (χ1n) is 5.94. The van der Waals surface area contributed by atoms with Gasteiger partial charge in [-0.3, -0.25) is 0 Å². The van der Waals surface area contributed by atoms with Crippen molar-refractivity contribution in [1.29, 1.82) is 0 Å². The predicted molar refractivity (Wildman–Crippen MR) is 64.9 cm³/mol. The van der Waals surface area contributed by atoms with Crippen LogP contribution in [0.15, 0.2) is 18.2 Å². The van der Waals surface area contributed by atoms with Crippen LogP contribution < -0.4 is 10.6 Å². The zero-order valence-electron chi connectivity index (χ0n) is 9.75. The van der Waals surface area contributed by atoms with E-state index in [1.165, 1.54) is 0 Å². The summed E-state index contributed by atoms with van der Waals surface area (Å²) in [5.41, 5.74) is 7.06. The Morgan fingerprint density at radius 2 is 2.06 bits per heavy atom. The number of nitrogens with two attached hydrogens (primary N) is 1. The van der Waals surface area contributed by atoms with Gasteiger partial charge in [-0.05, 0) is 36.5 Å². The third-order valence-electron chi connectivity index (χ3n) is 3.37. The van der Waals surface area contributed by atoms with Crippen LogP contribution in [0.5, 0.6) is 0 Å². The Kier molecular flexibility index (Phi) is 3.44. The Morgan fingerprint density at radius 3 is 2.62 bits per heavy atom. The molecule has 88 valence electrons. The first kappa shape index (κ1) is 11.4. The molecule has 1 fully saturated rings. The number of hydrogen-bond acceptors (Lipinski definition) is 2. The van der Waals surface area contributed by atoms with E-state index in [-0.39, 0.29) is 5.82 Å². The molecule has 0 amide bonds. The quantitative estimate of drug-likeness (QED) is 0.833. The lowest BCUT2D eigenvalue weighted by Crippen LogP contribution is -2.33. The molecule has 0 aliphatic carbocycles. The van der Waals surface area contributed by atoms with Gasteiger partial charge in [0.2, 0.25) is 0 Å². The number of piperidine rings is 1. The molecular weight excluding hydrogens is 203 g/mol. The zero-order chi connectivity index (χ0) is 11.5. The summed E-state index contributed by atoms with van der Waals surface area (Å²) in [6, 6.07) is 5.32. The Bertz CT molecular complexity index is 357. The van der Waals surface area contributed by atoms with Gasteiger partial charge in [-0.1, -0.05) is 13.0 Å². The molecule has 0 bridgehead atoms. The van der Waals surface area contributed by atoms with E-state index in [2.05, 4.69) is 11.8 Å². The first-order chi connectivity index (χ1) is 7.70. The molecule has 0 saturated carbocycles. The smallest absolute Gasteiger partial charge is 0.146 e. The number of rotatable bonds is 2. The molecule has 0 aromatic heterocycles. The van der Waals surface area contributed by atoms with Crippen LogP contribution in [-0.2, 0) is 6.54 Å². The van der Waals surface area contributed by atoms with Gasteiger partial charge in [0.25, 0.3) is 0 Å². The van der Waals surface area contributed by atoms with Crippen LogP contribution in [0.2, 0.25) is 0 Å². The lowest BCUT2D eigenvalue weighted by molar-refractivity contribution is 0.434. The predicted octanol–water partition coefficient (Wildman–Crippen LogP) is 2.52. The van der Waals surface area contributed by atoms with E-state index in [1.807, 2.05) is 12.1 Å². The number of halogens is 1. The minimum Gasteiger partial charge on any atom is -0.369 e. The Morgan fingerprint density at radius 1 is 1.38 bits per heavy atom. The highest BCUT2D eigenvalue weighted by Crippen LogP contribution is 2.25. The molecule has 0 spiro atoms. The van der Waals surface area contributed by atoms with Crippen molar-refractivity contribution in [3.63, 3.8) is 0 Å². The third kappa shape index (κ3) is 2.35. The zero-order valence-corrected chi connectivity index (χ0v) is 9.75. The van der Waals surface area contributed by atoms with Crippen molar-refractivity contribution in [1.82, 2.24) is 0 Å². The highest BCUT2D eigenvalue weighted by molar-refractivity contribution is 5.49. The average molecular weight is 222 g/mol. The van der Waals surface area contributed by atoms with Gasteiger partial charge < -0.3 is 10.6 Å². The highest BCUT2D eigenvalue weighted by Gasteiger charge is 2.18. The SMILES string of the molecule is CC1CCN(c2ccc(CN)cc2F)CC1. The van der Waals surface area contributed by atoms with Crippen LogP contribution in [-0.4, -0.2) is 13.1 Å². The normalized spacial score (nSPS) is 17.8. The van der Waals surface area contributed by atoms with Crippen molar-refractivity contribution < 1.29 is 4.39 Å². The van der Waals surface area contributed by atoms with Gasteiger partial charge in [0.15, 0.2) is 0 Å². The second kappa shape index (κ2) is 4.83. The number of anilines is 1. The minimum absolute atomic E-state index is 0.141. The lowest BCUT2D eigenvalue weighted by atomic mass is 9.98. The molecular formula is C13H19FN2. The van der Waals surface area contributed by atoms with Crippen LogP contribution in [0.3, 0.4) is 0 Å². The van der Waals surface area contributed by atoms with Gasteiger partial charge in [-0.15, -0.1) is 0 Å². The summed E-state index contributed by atoms with van der Waals surface area (Å²) < 4.78 is 13.8. The highest BCUT2D eigenvalue weighted by atomic mass is 19.1. The van der Waals surface area contributed by atoms with Crippen molar-refractivity contribution in [2.24, 2.45) is 11.7 Å². The maximum absolute atomic E-state index is 13.8. The van der Waals surface area contributed by atoms with E-state index in [0.717, 1.165) is 43.1 Å². The van der Waals surface area contributed by atoms with E-state index in [0.29, 0.717) is 6.54 Å². The fraction of sp³-hybridized carbons (Fsp3) is 0.538. The van der Waals surface area contributed by atoms with Crippen molar-refractivity contribution in [3.8, 4) is 0 Å². The summed E-state index contributed by atoms with van der Waals surface area (Å²) in [5.74, 6) is 0.625. The second-order valence-electron chi connectivity index (χ2n) is 4.66. The summed E-state index contributed by atoms with van der Waals surface area (Å²) in [6.45, 7) is 4.57. The Hall–Kier alpha value is -1.09. The summed E-state index contributed by atoms with van der Waals surface area (Å²) in [5, 5.41) is 0. The summed E-state index contributed by atoms with van der Waals surface area (Å²) in [7, 11) is 0. The molecule has 1 aromatic rings. The molecule has 1 aromatic carbocycles. The van der Waals surface area contributed by atoms with Crippen LogP contribution in [0, 0.1) is 11.7 Å². The molecule has 1 aliphatic heterocycles. The van der Waals surface area contributed by atoms with Crippen LogP contribution in [0.4, 0.5) is 10.1 Å². The Labute approximate surface area is 96.2 Å². The van der Waals surface area contributed by atoms with Gasteiger partial charge in [-0.25, -0.2) is 4.39 Å². The molecule has 16 heavy (non-hydrogen) atoms. The monoisotopic (exact) mass is 222 g/mol. The van der Waals surface area contributed by atoms with Crippen LogP contribution >= 0.6 is 0 Å². The molecule has 2 rings (SSSR count). The van der Waals surface area contributed by atoms with Gasteiger partial charge >= 0.3 is 0 Å². The standard InChI is InChI=1S/C13H19FN2/c1-10-4-6-16(7-5-10)13-3-2-11(9-15)8-12(13)14/h2-3,8,10H,4-7,9,15H2,1H3. The maximum atomic E-state index is 13.8. The maximum Gasteiger partial charge on any atom is 0.146 e. The van der Waals surface area contributed by atoms with E-state index in [9.17, 15) is 4.39 Å². The fourth-order valence-corrected chi connectivity index (χ4v) is 2.18. The number of benzene rings is 1. The van der Waals surface area contributed by atoms with Gasteiger partial charge in [0.05, 0.1) is 5.69 Å². The molecule has 2 nitrogen and oxygen atoms in total. The lowest BCUT2D eigenvalue weighted by Gasteiger charge is -2.32. The third-order valence-corrected chi connectivity index (χ3v) is 3.37. The number of nitrogens with zero attached hydrogens (tertiary/aromatic N) is 1. The van der Waals surface area contributed by atoms with E-state index >= 15 is 0 Å². The summed E-state index contributed by atoms with van der Waals surface area (Å²) in [4.78, 5) is 2.13. The summed E-state index contributed by atoms with van der Waals surface area (Å²) in [6.07, 6.45) is 2.30. The topological polar surface area (TPSA) is 29.3 Å². The molecule has 1 aliphatic rings. The van der Waals surface area contributed by atoms with Crippen molar-refractivity contribution in [2.75, 3.05) is 18.0 Å². The van der Waals surface area contributed by atoms with Crippen LogP contribution in [0.1, 0.15) is 25.3 Å². The first-order valence-corrected chi connectivity index (χ1v) is 5.94. The molecule has 0 unspecified atom stereocenters. The van der Waals surface area contributed by atoms with E-state index in [4.69, 9.17) is 5.73 Å². The number of hydrogen-bond donors (Lipinski definition) is 1. The average Bonchev–Trinajstić information content (AvgIpc) is 2.30.